The molecule has 0 spiro atoms. The molecule has 0 N–H and O–H groups in total. The second-order valence-electron chi connectivity index (χ2n) is 8.42. The summed E-state index contributed by atoms with van der Waals surface area (Å²) in [5, 5.41) is 12.0. The molecular weight excluding hydrogens is 382 g/mol. The van der Waals surface area contributed by atoms with E-state index in [1.807, 2.05) is 23.1 Å². The lowest BCUT2D eigenvalue weighted by molar-refractivity contribution is -0.135. The molecule has 2 fully saturated rings. The first kappa shape index (κ1) is 20.9. The maximum absolute atomic E-state index is 12.8. The highest BCUT2D eigenvalue weighted by Crippen LogP contribution is 2.18. The number of carbonyl (C=O) groups is 1. The Labute approximate surface area is 177 Å². The van der Waals surface area contributed by atoms with Crippen LogP contribution in [0.5, 0.6) is 0 Å². The van der Waals surface area contributed by atoms with Crippen molar-refractivity contribution >= 4 is 5.91 Å². The van der Waals surface area contributed by atoms with E-state index in [9.17, 15) is 4.79 Å². The van der Waals surface area contributed by atoms with E-state index in [1.165, 1.54) is 12.8 Å². The summed E-state index contributed by atoms with van der Waals surface area (Å²) in [5.74, 6) is 1.63. The third-order valence-electron chi connectivity index (χ3n) is 6.12. The van der Waals surface area contributed by atoms with Crippen LogP contribution in [-0.4, -0.2) is 73.2 Å². The number of rotatable bonds is 7. The van der Waals surface area contributed by atoms with E-state index in [1.54, 1.807) is 10.9 Å². The molecule has 2 aliphatic heterocycles. The fraction of sp³-hybridized carbons (Fsp3) is 0.667. The number of hydrogen-bond donors (Lipinski definition) is 0. The Bertz CT molecular complexity index is 797. The minimum absolute atomic E-state index is 0.0685. The van der Waals surface area contributed by atoms with Gasteiger partial charge in [-0.15, -0.1) is 5.10 Å². The van der Waals surface area contributed by atoms with Gasteiger partial charge >= 0.3 is 0 Å². The zero-order chi connectivity index (χ0) is 20.8. The Morgan fingerprint density at radius 3 is 2.67 bits per heavy atom. The van der Waals surface area contributed by atoms with Crippen molar-refractivity contribution in [2.45, 2.75) is 58.4 Å². The van der Waals surface area contributed by atoms with E-state index >= 15 is 0 Å². The van der Waals surface area contributed by atoms with Crippen LogP contribution in [0.3, 0.4) is 0 Å². The first-order valence-electron chi connectivity index (χ1n) is 10.9. The molecule has 4 rings (SSSR count). The monoisotopic (exact) mass is 413 g/mol. The topological polar surface area (TPSA) is 89.3 Å². The molecule has 2 aromatic rings. The van der Waals surface area contributed by atoms with Crippen molar-refractivity contribution < 1.29 is 9.53 Å². The number of hydrogen-bond acceptors (Lipinski definition) is 7. The largest absolute Gasteiger partial charge is 0.372 e. The number of aromatic nitrogens is 5. The van der Waals surface area contributed by atoms with Gasteiger partial charge in [0.15, 0.2) is 5.82 Å². The molecule has 0 aliphatic carbocycles. The molecule has 2 aliphatic rings. The van der Waals surface area contributed by atoms with Gasteiger partial charge < -0.3 is 9.64 Å². The highest BCUT2D eigenvalue weighted by molar-refractivity contribution is 5.76. The third-order valence-corrected chi connectivity index (χ3v) is 6.12. The van der Waals surface area contributed by atoms with E-state index in [-0.39, 0.29) is 18.6 Å². The second-order valence-corrected chi connectivity index (χ2v) is 8.42. The Morgan fingerprint density at radius 2 is 1.93 bits per heavy atom. The van der Waals surface area contributed by atoms with E-state index in [4.69, 9.17) is 4.74 Å². The van der Waals surface area contributed by atoms with Crippen molar-refractivity contribution in [3.63, 3.8) is 0 Å². The van der Waals surface area contributed by atoms with Gasteiger partial charge in [0.2, 0.25) is 5.91 Å². The average Bonchev–Trinajstić information content (AvgIpc) is 3.21. The van der Waals surface area contributed by atoms with Crippen LogP contribution in [0.25, 0.3) is 0 Å². The van der Waals surface area contributed by atoms with Crippen molar-refractivity contribution in [3.8, 4) is 0 Å². The fourth-order valence-corrected chi connectivity index (χ4v) is 4.07. The van der Waals surface area contributed by atoms with Gasteiger partial charge in [0.25, 0.3) is 0 Å². The number of pyridine rings is 1. The fourth-order valence-electron chi connectivity index (χ4n) is 4.07. The minimum atomic E-state index is 0.0685. The van der Waals surface area contributed by atoms with Gasteiger partial charge in [-0.25, -0.2) is 4.68 Å². The molecule has 162 valence electrons. The van der Waals surface area contributed by atoms with Gasteiger partial charge in [-0.05, 0) is 67.3 Å². The Balaban J connectivity index is 1.22. The molecule has 1 amide bonds. The number of tetrazole rings is 1. The number of ether oxygens (including phenoxy) is 1. The summed E-state index contributed by atoms with van der Waals surface area (Å²) in [7, 11) is 0. The van der Waals surface area contributed by atoms with Crippen LogP contribution in [0, 0.1) is 5.92 Å². The molecule has 0 atom stereocenters. The van der Waals surface area contributed by atoms with Gasteiger partial charge in [-0.2, -0.15) is 0 Å². The Kier molecular flexibility index (Phi) is 7.01. The normalized spacial score (nSPS) is 19.3. The van der Waals surface area contributed by atoms with Crippen LogP contribution in [0.15, 0.2) is 24.4 Å². The van der Waals surface area contributed by atoms with E-state index in [2.05, 4.69) is 32.3 Å². The zero-order valence-electron chi connectivity index (χ0n) is 17.7. The standard InChI is InChI=1S/C21H31N7O2/c1-17-5-10-26(11-6-17)14-20-23-24-25-28(20)15-21(29)27-12-7-19(8-13-27)30-16-18-4-2-3-9-22-18/h2-4,9,17,19H,5-8,10-16H2,1H3. The molecule has 2 saturated heterocycles. The van der Waals surface area contributed by atoms with Crippen molar-refractivity contribution in [1.82, 2.24) is 35.0 Å². The second kappa shape index (κ2) is 10.1. The molecule has 30 heavy (non-hydrogen) atoms. The molecule has 0 aromatic carbocycles. The predicted molar refractivity (Wildman–Crippen MR) is 110 cm³/mol. The maximum Gasteiger partial charge on any atom is 0.244 e. The highest BCUT2D eigenvalue weighted by Gasteiger charge is 2.25. The van der Waals surface area contributed by atoms with Gasteiger partial charge in [0, 0.05) is 19.3 Å². The Morgan fingerprint density at radius 1 is 1.13 bits per heavy atom. The third kappa shape index (κ3) is 5.60. The number of likely N-dealkylation sites (tertiary alicyclic amines) is 2. The number of amides is 1. The smallest absolute Gasteiger partial charge is 0.244 e. The van der Waals surface area contributed by atoms with Crippen LogP contribution >= 0.6 is 0 Å². The van der Waals surface area contributed by atoms with Crippen LogP contribution in [0.4, 0.5) is 0 Å². The summed E-state index contributed by atoms with van der Waals surface area (Å²) in [5.41, 5.74) is 0.936. The molecular formula is C21H31N7O2. The molecule has 9 nitrogen and oxygen atoms in total. The number of piperidine rings is 2. The molecule has 4 heterocycles. The van der Waals surface area contributed by atoms with Crippen molar-refractivity contribution in [3.05, 3.63) is 35.9 Å². The number of carbonyl (C=O) groups excluding carboxylic acids is 1. The van der Waals surface area contributed by atoms with E-state index < -0.39 is 0 Å². The molecule has 0 unspecified atom stereocenters. The van der Waals surface area contributed by atoms with Crippen LogP contribution in [0.2, 0.25) is 0 Å². The summed E-state index contributed by atoms with van der Waals surface area (Å²) >= 11 is 0. The lowest BCUT2D eigenvalue weighted by Crippen LogP contribution is -2.42. The lowest BCUT2D eigenvalue weighted by atomic mass is 9.99. The molecule has 0 bridgehead atoms. The predicted octanol–water partition coefficient (Wildman–Crippen LogP) is 1.51. The summed E-state index contributed by atoms with van der Waals surface area (Å²) in [6.45, 7) is 7.25. The van der Waals surface area contributed by atoms with Crippen LogP contribution in [-0.2, 0) is 29.2 Å². The maximum atomic E-state index is 12.8. The van der Waals surface area contributed by atoms with E-state index in [0.717, 1.165) is 43.4 Å². The first-order chi connectivity index (χ1) is 14.7. The first-order valence-corrected chi connectivity index (χ1v) is 10.9. The summed E-state index contributed by atoms with van der Waals surface area (Å²) in [6.07, 6.45) is 6.04. The van der Waals surface area contributed by atoms with Crippen molar-refractivity contribution in [1.29, 1.82) is 0 Å². The van der Waals surface area contributed by atoms with Crippen molar-refractivity contribution in [2.75, 3.05) is 26.2 Å². The van der Waals surface area contributed by atoms with Gasteiger partial charge in [0.05, 0.1) is 24.9 Å². The van der Waals surface area contributed by atoms with Crippen molar-refractivity contribution in [2.24, 2.45) is 5.92 Å². The van der Waals surface area contributed by atoms with E-state index in [0.29, 0.717) is 26.2 Å². The zero-order valence-corrected chi connectivity index (χ0v) is 17.7. The quantitative estimate of drug-likeness (QED) is 0.680. The summed E-state index contributed by atoms with van der Waals surface area (Å²) in [4.78, 5) is 21.3. The summed E-state index contributed by atoms with van der Waals surface area (Å²) < 4.78 is 7.63. The Hall–Kier alpha value is -2.39. The SMILES string of the molecule is CC1CCN(Cc2nnnn2CC(=O)N2CCC(OCc3ccccn3)CC2)CC1. The molecule has 2 aromatic heterocycles. The summed E-state index contributed by atoms with van der Waals surface area (Å²) in [6, 6.07) is 5.83. The molecule has 0 saturated carbocycles. The van der Waals surface area contributed by atoms with Crippen LogP contribution in [0.1, 0.15) is 44.1 Å². The van der Waals surface area contributed by atoms with Gasteiger partial charge in [-0.3, -0.25) is 14.7 Å². The van der Waals surface area contributed by atoms with Crippen LogP contribution < -0.4 is 0 Å². The average molecular weight is 414 g/mol. The number of nitrogens with zero attached hydrogens (tertiary/aromatic N) is 7. The minimum Gasteiger partial charge on any atom is -0.372 e. The van der Waals surface area contributed by atoms with Gasteiger partial charge in [0.1, 0.15) is 6.54 Å². The molecule has 0 radical (unpaired) electrons. The van der Waals surface area contributed by atoms with Gasteiger partial charge in [-0.1, -0.05) is 13.0 Å². The molecule has 9 heteroatoms. The lowest BCUT2D eigenvalue weighted by Gasteiger charge is -2.32. The highest BCUT2D eigenvalue weighted by atomic mass is 16.5.